The van der Waals surface area contributed by atoms with E-state index in [-0.39, 0.29) is 13.2 Å². The molecule has 0 radical (unpaired) electrons. The molecule has 1 rings (SSSR count). The fourth-order valence-electron chi connectivity index (χ4n) is 5.53. The maximum Gasteiger partial charge on any atom is 0.333 e. The maximum atomic E-state index is 13.2. The van der Waals surface area contributed by atoms with Crippen LogP contribution in [0.3, 0.4) is 0 Å². The molecular weight excluding hydrogens is 933 g/mol. The number of hydrogen-bond donors (Lipinski definition) is 8. The molecule has 0 aliphatic rings. The van der Waals surface area contributed by atoms with E-state index in [1.54, 1.807) is 13.8 Å². The van der Waals surface area contributed by atoms with Gasteiger partial charge in [-0.15, -0.1) is 0 Å². The van der Waals surface area contributed by atoms with Crippen molar-refractivity contribution in [2.45, 2.75) is 62.3 Å². The van der Waals surface area contributed by atoms with Crippen molar-refractivity contribution in [3.63, 3.8) is 0 Å². The third-order valence-electron chi connectivity index (χ3n) is 9.12. The average molecular weight is 991 g/mol. The second kappa shape index (κ2) is 29.7. The van der Waals surface area contributed by atoms with Crippen molar-refractivity contribution < 1.29 is 98.3 Å². The normalized spacial score (nSPS) is 13.8. The molecule has 0 amide bonds. The van der Waals surface area contributed by atoms with E-state index in [2.05, 4.69) is 29.2 Å². The minimum atomic E-state index is -2.85. The third kappa shape index (κ3) is 22.6. The summed E-state index contributed by atoms with van der Waals surface area (Å²) in [7, 11) is 0. The molecule has 0 bridgehead atoms. The Labute approximate surface area is 408 Å². The van der Waals surface area contributed by atoms with Gasteiger partial charge in [-0.2, -0.15) is 0 Å². The zero-order chi connectivity index (χ0) is 55.7. The largest absolute Gasteiger partial charge is 0.478 e. The molecule has 0 atom stereocenters. The highest BCUT2D eigenvalue weighted by Gasteiger charge is 2.41. The quantitative estimate of drug-likeness (QED) is 0.0234. The molecule has 0 heterocycles. The van der Waals surface area contributed by atoms with Crippen LogP contribution >= 0.6 is 0 Å². The first-order valence-electron chi connectivity index (χ1n) is 20.4. The SMILES string of the molecule is C=C(C)C(=O)OCCOC(=O)C(=C)C.C=Cc1ccccc1.CC(=CC(C=C(C)C(=O)O)=C(C(=O)O)C(C=C(C)C(=O)O)(C=C(C)C(=O)O)C=C(C(=O)O)C(C)(C=C(C)C(=O)O)C=C(C)C(=O)O)C(=O)O. The molecule has 0 aromatic heterocycles. The minimum absolute atomic E-state index is 0.0325. The summed E-state index contributed by atoms with van der Waals surface area (Å²) in [4.78, 5) is 119. The highest BCUT2D eigenvalue weighted by molar-refractivity contribution is 5.99. The first kappa shape index (κ1) is 64.1. The Morgan fingerprint density at radius 2 is 0.803 bits per heavy atom. The van der Waals surface area contributed by atoms with Crippen LogP contribution in [0, 0.1) is 10.8 Å². The van der Waals surface area contributed by atoms with Gasteiger partial charge in [-0.3, -0.25) is 0 Å². The van der Waals surface area contributed by atoms with Crippen molar-refractivity contribution in [2.75, 3.05) is 13.2 Å². The predicted octanol–water partition coefficient (Wildman–Crippen LogP) is 7.11. The number of aliphatic carboxylic acids is 8. The number of rotatable bonds is 23. The Bertz CT molecular complexity index is 2450. The first-order chi connectivity index (χ1) is 32.6. The summed E-state index contributed by atoms with van der Waals surface area (Å²) in [5.74, 6) is -14.8. The third-order valence-corrected chi connectivity index (χ3v) is 9.12. The summed E-state index contributed by atoms with van der Waals surface area (Å²) in [6.45, 7) is 20.5. The van der Waals surface area contributed by atoms with Gasteiger partial charge < -0.3 is 50.3 Å². The molecule has 0 spiro atoms. The van der Waals surface area contributed by atoms with Gasteiger partial charge in [0.2, 0.25) is 0 Å². The number of carbonyl (C=O) groups is 10. The van der Waals surface area contributed by atoms with E-state index in [9.17, 15) is 88.8 Å². The van der Waals surface area contributed by atoms with E-state index < -0.39 is 121 Å². The first-order valence-corrected chi connectivity index (χ1v) is 20.4. The van der Waals surface area contributed by atoms with Crippen LogP contribution in [-0.4, -0.2) is 114 Å². The zero-order valence-corrected chi connectivity index (χ0v) is 40.5. The van der Waals surface area contributed by atoms with Gasteiger partial charge in [0.1, 0.15) is 13.2 Å². The van der Waals surface area contributed by atoms with Crippen LogP contribution in [-0.2, 0) is 57.4 Å². The van der Waals surface area contributed by atoms with Crippen molar-refractivity contribution in [2.24, 2.45) is 10.8 Å². The molecule has 0 unspecified atom stereocenters. The lowest BCUT2D eigenvalue weighted by molar-refractivity contribution is -0.147. The number of carbonyl (C=O) groups excluding carboxylic acids is 2. The average Bonchev–Trinajstić information content (AvgIpc) is 3.26. The van der Waals surface area contributed by atoms with Gasteiger partial charge in [-0.25, -0.2) is 47.9 Å². The highest BCUT2D eigenvalue weighted by Crippen LogP contribution is 2.44. The van der Waals surface area contributed by atoms with Crippen molar-refractivity contribution in [1.29, 1.82) is 0 Å². The van der Waals surface area contributed by atoms with Crippen LogP contribution in [0.5, 0.6) is 0 Å². The lowest BCUT2D eigenvalue weighted by Crippen LogP contribution is -2.30. The predicted molar refractivity (Wildman–Crippen MR) is 257 cm³/mol. The molecule has 382 valence electrons. The van der Waals surface area contributed by atoms with Crippen molar-refractivity contribution in [1.82, 2.24) is 0 Å². The van der Waals surface area contributed by atoms with Crippen molar-refractivity contribution >= 4 is 65.8 Å². The number of carboxylic acids is 8. The Morgan fingerprint density at radius 1 is 0.479 bits per heavy atom. The molecule has 71 heavy (non-hydrogen) atoms. The van der Waals surface area contributed by atoms with Gasteiger partial charge in [0.25, 0.3) is 0 Å². The van der Waals surface area contributed by atoms with E-state index in [1.807, 2.05) is 36.4 Å². The molecule has 1 aromatic rings. The smallest absolute Gasteiger partial charge is 0.333 e. The molecule has 0 saturated carbocycles. The molecule has 0 saturated heterocycles. The second-order valence-electron chi connectivity index (χ2n) is 15.5. The summed E-state index contributed by atoms with van der Waals surface area (Å²) in [6.07, 6.45) is 6.58. The molecule has 20 heteroatoms. The number of ether oxygens (including phenoxy) is 2. The van der Waals surface area contributed by atoms with Crippen molar-refractivity contribution in [3.05, 3.63) is 159 Å². The van der Waals surface area contributed by atoms with Crippen LogP contribution < -0.4 is 0 Å². The topological polar surface area (TPSA) is 351 Å². The lowest BCUT2D eigenvalue weighted by Gasteiger charge is -2.32. The molecular formula is C51H58O20. The number of esters is 2. The molecule has 0 aliphatic carbocycles. The molecule has 0 aliphatic heterocycles. The summed E-state index contributed by atoms with van der Waals surface area (Å²) >= 11 is 0. The van der Waals surface area contributed by atoms with E-state index >= 15 is 0 Å². The van der Waals surface area contributed by atoms with Crippen molar-refractivity contribution in [3.8, 4) is 0 Å². The van der Waals surface area contributed by atoms with E-state index in [1.165, 1.54) is 5.56 Å². The zero-order valence-electron chi connectivity index (χ0n) is 40.5. The Kier molecular flexibility index (Phi) is 26.9. The summed E-state index contributed by atoms with van der Waals surface area (Å²) in [6, 6.07) is 10.0. The van der Waals surface area contributed by atoms with Gasteiger partial charge in [0.15, 0.2) is 0 Å². The minimum Gasteiger partial charge on any atom is -0.478 e. The summed E-state index contributed by atoms with van der Waals surface area (Å²) in [5.41, 5.74) is -9.91. The van der Waals surface area contributed by atoms with Gasteiger partial charge >= 0.3 is 59.7 Å². The van der Waals surface area contributed by atoms with E-state index in [4.69, 9.17) is 0 Å². The van der Waals surface area contributed by atoms with E-state index in [0.29, 0.717) is 41.5 Å². The summed E-state index contributed by atoms with van der Waals surface area (Å²) < 4.78 is 9.38. The molecule has 8 N–H and O–H groups in total. The maximum absolute atomic E-state index is 13.2. The Balaban J connectivity index is 0. The number of carboxylic acid groups (broad SMARTS) is 8. The lowest BCUT2D eigenvalue weighted by atomic mass is 9.69. The molecule has 0 fully saturated rings. The van der Waals surface area contributed by atoms with Gasteiger partial charge in [-0.05, 0) is 85.6 Å². The fourth-order valence-corrected chi connectivity index (χ4v) is 5.53. The van der Waals surface area contributed by atoms with Crippen LogP contribution in [0.15, 0.2) is 154 Å². The van der Waals surface area contributed by atoms with Gasteiger partial charge in [0.05, 0.1) is 11.0 Å². The van der Waals surface area contributed by atoms with Gasteiger partial charge in [0, 0.05) is 55.6 Å². The van der Waals surface area contributed by atoms with Crippen LogP contribution in [0.25, 0.3) is 6.08 Å². The highest BCUT2D eigenvalue weighted by atomic mass is 16.6. The second-order valence-corrected chi connectivity index (χ2v) is 15.5. The monoisotopic (exact) mass is 990 g/mol. The van der Waals surface area contributed by atoms with Crippen LogP contribution in [0.4, 0.5) is 0 Å². The molecule has 20 nitrogen and oxygen atoms in total. The number of benzene rings is 1. The summed E-state index contributed by atoms with van der Waals surface area (Å²) in [5, 5.41) is 79.1. The standard InChI is InChI=1S/C33H36O16.C10H14O4.C8H8/c1-15(24(34)35)8-21(9-16(2)25(36)37)23(31(48)49)33(12-19(5)28(42)43,13-20(6)29(44)45)14-22(30(46)47)32(7,10-17(3)26(38)39)11-18(4)27(40)41;1-7(2)9(11)13-5-6-14-10(12)8(3)4;1-2-8-6-4-3-5-7-8/h8-14H,1-7H3,(H,34,35)(H,36,37)(H,38,39)(H,40,41)(H,42,43)(H,44,45)(H,46,47)(H,48,49);1,3,5-6H2,2,4H3;2-7H,1H2. The Morgan fingerprint density at radius 3 is 1.06 bits per heavy atom. The van der Waals surface area contributed by atoms with Crippen LogP contribution in [0.2, 0.25) is 0 Å². The molecule has 1 aromatic carbocycles. The van der Waals surface area contributed by atoms with Crippen LogP contribution in [0.1, 0.15) is 67.9 Å². The Hall–Kier alpha value is -8.94. The number of allylic oxidation sites excluding steroid dienone is 8. The van der Waals surface area contributed by atoms with E-state index in [0.717, 1.165) is 60.6 Å². The van der Waals surface area contributed by atoms with Gasteiger partial charge in [-0.1, -0.05) is 86.5 Å². The number of hydrogen-bond acceptors (Lipinski definition) is 12. The fraction of sp³-hybridized carbons (Fsp3) is 0.255.